The smallest absolute Gasteiger partial charge is 0.119 e. The molecular weight excluding hydrogens is 364 g/mol. The highest BCUT2D eigenvalue weighted by molar-refractivity contribution is 9.09. The molecule has 2 aromatic carbocycles. The fraction of sp³-hybridized carbons (Fsp3) is 0.235. The van der Waals surface area contributed by atoms with Crippen LogP contribution in [-0.4, -0.2) is 24.0 Å². The third-order valence-electron chi connectivity index (χ3n) is 3.56. The number of nitrogens with zero attached hydrogens (tertiary/aromatic N) is 1. The maximum Gasteiger partial charge on any atom is 0.119 e. The molecule has 0 saturated carbocycles. The van der Waals surface area contributed by atoms with Crippen molar-refractivity contribution in [2.75, 3.05) is 24.3 Å². The number of fused-ring (bicyclic) bond motifs is 2. The molecule has 0 saturated heterocycles. The zero-order valence-electron chi connectivity index (χ0n) is 12.2. The molecule has 0 spiro atoms. The van der Waals surface area contributed by atoms with Crippen LogP contribution < -0.4 is 10.1 Å². The molecule has 114 valence electrons. The first-order valence-electron chi connectivity index (χ1n) is 7.10. The van der Waals surface area contributed by atoms with Gasteiger partial charge in [0.05, 0.1) is 23.8 Å². The molecule has 3 nitrogen and oxygen atoms in total. The second-order valence-corrected chi connectivity index (χ2v) is 6.23. The highest BCUT2D eigenvalue weighted by atomic mass is 79.9. The number of nitrogens with one attached hydrogen (secondary N) is 1. The summed E-state index contributed by atoms with van der Waals surface area (Å²) in [5.74, 6) is 0.825. The summed E-state index contributed by atoms with van der Waals surface area (Å²) >= 11 is 9.58. The molecule has 0 aliphatic carbocycles. The van der Waals surface area contributed by atoms with Crippen LogP contribution in [0.4, 0.5) is 5.69 Å². The van der Waals surface area contributed by atoms with Gasteiger partial charge in [-0.1, -0.05) is 27.5 Å². The van der Waals surface area contributed by atoms with Gasteiger partial charge in [-0.2, -0.15) is 0 Å². The highest BCUT2D eigenvalue weighted by Crippen LogP contribution is 2.34. The third-order valence-corrected chi connectivity index (χ3v) is 4.35. The molecule has 0 aliphatic heterocycles. The average molecular weight is 380 g/mol. The summed E-state index contributed by atoms with van der Waals surface area (Å²) in [6.07, 6.45) is 1.04. The Bertz CT molecular complexity index is 822. The number of hydrogen-bond acceptors (Lipinski definition) is 3. The van der Waals surface area contributed by atoms with Crippen LogP contribution in [0, 0.1) is 0 Å². The average Bonchev–Trinajstić information content (AvgIpc) is 2.53. The van der Waals surface area contributed by atoms with E-state index in [1.165, 1.54) is 0 Å². The monoisotopic (exact) mass is 378 g/mol. The lowest BCUT2D eigenvalue weighted by Gasteiger charge is -2.14. The van der Waals surface area contributed by atoms with Crippen molar-refractivity contribution < 1.29 is 4.74 Å². The lowest BCUT2D eigenvalue weighted by Crippen LogP contribution is -2.04. The Morgan fingerprint density at radius 3 is 2.77 bits per heavy atom. The van der Waals surface area contributed by atoms with E-state index in [-0.39, 0.29) is 0 Å². The predicted octanol–water partition coefficient (Wildman–Crippen LogP) is 5.25. The Morgan fingerprint density at radius 1 is 1.14 bits per heavy atom. The zero-order chi connectivity index (χ0) is 15.5. The van der Waals surface area contributed by atoms with Crippen molar-refractivity contribution in [2.24, 2.45) is 0 Å². The van der Waals surface area contributed by atoms with Gasteiger partial charge in [0.15, 0.2) is 0 Å². The zero-order valence-corrected chi connectivity index (χ0v) is 14.5. The first kappa shape index (κ1) is 15.4. The summed E-state index contributed by atoms with van der Waals surface area (Å²) in [5.41, 5.74) is 2.90. The fourth-order valence-electron chi connectivity index (χ4n) is 2.49. The predicted molar refractivity (Wildman–Crippen MR) is 97.7 cm³/mol. The van der Waals surface area contributed by atoms with Crippen LogP contribution in [0.3, 0.4) is 0 Å². The van der Waals surface area contributed by atoms with Crippen LogP contribution in [0.1, 0.15) is 6.42 Å². The number of rotatable bonds is 5. The summed E-state index contributed by atoms with van der Waals surface area (Å²) in [4.78, 5) is 4.71. The molecule has 0 aliphatic rings. The van der Waals surface area contributed by atoms with Crippen molar-refractivity contribution in [3.8, 4) is 5.75 Å². The molecule has 0 amide bonds. The van der Waals surface area contributed by atoms with Crippen LogP contribution in [0.15, 0.2) is 36.4 Å². The van der Waals surface area contributed by atoms with Gasteiger partial charge in [-0.15, -0.1) is 0 Å². The summed E-state index contributed by atoms with van der Waals surface area (Å²) in [7, 11) is 1.67. The molecule has 0 unspecified atom stereocenters. The van der Waals surface area contributed by atoms with Crippen molar-refractivity contribution in [3.63, 3.8) is 0 Å². The maximum atomic E-state index is 6.11. The van der Waals surface area contributed by atoms with Crippen LogP contribution in [0.5, 0.6) is 5.75 Å². The SMILES string of the molecule is COc1ccc2nc3cc(Cl)ccc3c(NCCCBr)c2c1. The fourth-order valence-corrected chi connectivity index (χ4v) is 2.94. The Balaban J connectivity index is 2.24. The van der Waals surface area contributed by atoms with Crippen LogP contribution >= 0.6 is 27.5 Å². The van der Waals surface area contributed by atoms with E-state index >= 15 is 0 Å². The van der Waals surface area contributed by atoms with Gasteiger partial charge in [0, 0.05) is 27.7 Å². The second-order valence-electron chi connectivity index (χ2n) is 5.00. The Kier molecular flexibility index (Phi) is 4.69. The van der Waals surface area contributed by atoms with Gasteiger partial charge < -0.3 is 10.1 Å². The molecule has 0 fully saturated rings. The van der Waals surface area contributed by atoms with Gasteiger partial charge in [-0.05, 0) is 42.8 Å². The quantitative estimate of drug-likeness (QED) is 0.373. The van der Waals surface area contributed by atoms with E-state index in [1.807, 2.05) is 36.4 Å². The molecule has 0 atom stereocenters. The van der Waals surface area contributed by atoms with Crippen LogP contribution in [-0.2, 0) is 0 Å². The van der Waals surface area contributed by atoms with Gasteiger partial charge in [-0.25, -0.2) is 4.98 Å². The standard InChI is InChI=1S/C17H16BrClN2O/c1-22-12-4-6-15-14(10-12)17(20-8-2-7-18)13-5-3-11(19)9-16(13)21-15/h3-6,9-10H,2,7-8H2,1H3,(H,20,21). The van der Waals surface area contributed by atoms with Gasteiger partial charge in [-0.3, -0.25) is 0 Å². The summed E-state index contributed by atoms with van der Waals surface area (Å²) < 4.78 is 5.35. The van der Waals surface area contributed by atoms with Crippen LogP contribution in [0.2, 0.25) is 5.02 Å². The number of halogens is 2. The van der Waals surface area contributed by atoms with E-state index in [0.29, 0.717) is 5.02 Å². The van der Waals surface area contributed by atoms with Crippen molar-refractivity contribution >= 4 is 55.0 Å². The van der Waals surface area contributed by atoms with Crippen molar-refractivity contribution in [1.29, 1.82) is 0 Å². The summed E-state index contributed by atoms with van der Waals surface area (Å²) in [6, 6.07) is 11.7. The minimum atomic E-state index is 0.694. The van der Waals surface area contributed by atoms with E-state index in [1.54, 1.807) is 7.11 Å². The molecule has 22 heavy (non-hydrogen) atoms. The number of aromatic nitrogens is 1. The van der Waals surface area contributed by atoms with E-state index in [9.17, 15) is 0 Å². The minimum absolute atomic E-state index is 0.694. The molecule has 1 N–H and O–H groups in total. The van der Waals surface area contributed by atoms with Gasteiger partial charge in [0.2, 0.25) is 0 Å². The van der Waals surface area contributed by atoms with E-state index in [0.717, 1.165) is 51.5 Å². The number of methoxy groups -OCH3 is 1. The van der Waals surface area contributed by atoms with E-state index in [4.69, 9.17) is 21.3 Å². The topological polar surface area (TPSA) is 34.1 Å². The van der Waals surface area contributed by atoms with Crippen LogP contribution in [0.25, 0.3) is 21.8 Å². The van der Waals surface area contributed by atoms with E-state index in [2.05, 4.69) is 21.2 Å². The normalized spacial score (nSPS) is 11.0. The molecule has 3 aromatic rings. The third kappa shape index (κ3) is 2.99. The number of benzene rings is 2. The van der Waals surface area contributed by atoms with Gasteiger partial charge in [0.25, 0.3) is 0 Å². The second kappa shape index (κ2) is 6.71. The van der Waals surface area contributed by atoms with Gasteiger partial charge in [0.1, 0.15) is 5.75 Å². The number of ether oxygens (including phenoxy) is 1. The van der Waals surface area contributed by atoms with Crippen molar-refractivity contribution in [1.82, 2.24) is 4.98 Å². The Labute approximate surface area is 142 Å². The Morgan fingerprint density at radius 2 is 2.00 bits per heavy atom. The lowest BCUT2D eigenvalue weighted by molar-refractivity contribution is 0.415. The highest BCUT2D eigenvalue weighted by Gasteiger charge is 2.10. The molecule has 3 rings (SSSR count). The first-order valence-corrected chi connectivity index (χ1v) is 8.59. The maximum absolute atomic E-state index is 6.11. The van der Waals surface area contributed by atoms with Crippen molar-refractivity contribution in [3.05, 3.63) is 41.4 Å². The summed E-state index contributed by atoms with van der Waals surface area (Å²) in [6.45, 7) is 0.888. The molecular formula is C17H16BrClN2O. The molecule has 5 heteroatoms. The minimum Gasteiger partial charge on any atom is -0.497 e. The van der Waals surface area contributed by atoms with Gasteiger partial charge >= 0.3 is 0 Å². The molecule has 0 radical (unpaired) electrons. The lowest BCUT2D eigenvalue weighted by atomic mass is 10.1. The van der Waals surface area contributed by atoms with E-state index < -0.39 is 0 Å². The molecule has 1 heterocycles. The van der Waals surface area contributed by atoms with Crippen molar-refractivity contribution in [2.45, 2.75) is 6.42 Å². The number of anilines is 1. The number of hydrogen-bond donors (Lipinski definition) is 1. The number of pyridine rings is 1. The first-order chi connectivity index (χ1) is 10.7. The summed E-state index contributed by atoms with van der Waals surface area (Å²) in [5, 5.41) is 7.32. The molecule has 0 bridgehead atoms. The largest absolute Gasteiger partial charge is 0.497 e. The Hall–Kier alpha value is -1.52. The molecule has 1 aromatic heterocycles. The number of alkyl halides is 1.